The molecule has 0 aromatic rings. The molecule has 1 saturated heterocycles. The Morgan fingerprint density at radius 1 is 0.559 bits per heavy atom. The monoisotopic (exact) mass is 833 g/mol. The minimum Gasteiger partial charge on any atom is -0.457 e. The van der Waals surface area contributed by atoms with E-state index in [0.717, 1.165) is 77.0 Å². The van der Waals surface area contributed by atoms with Gasteiger partial charge in [0.1, 0.15) is 30.5 Å². The van der Waals surface area contributed by atoms with Crippen LogP contribution in [0.15, 0.2) is 60.8 Å². The molecule has 0 saturated carbocycles. The highest BCUT2D eigenvalue weighted by molar-refractivity contribution is 5.69. The number of ether oxygens (including phenoxy) is 4. The lowest BCUT2D eigenvalue weighted by Crippen LogP contribution is -2.59. The van der Waals surface area contributed by atoms with E-state index in [-0.39, 0.29) is 19.2 Å². The van der Waals surface area contributed by atoms with Gasteiger partial charge in [0, 0.05) is 13.0 Å². The maximum atomic E-state index is 12.8. The van der Waals surface area contributed by atoms with Gasteiger partial charge in [0.15, 0.2) is 6.29 Å². The van der Waals surface area contributed by atoms with Crippen LogP contribution in [-0.4, -0.2) is 89.6 Å². The number of hydrogen-bond donors (Lipinski definition) is 4. The molecule has 59 heavy (non-hydrogen) atoms. The Hall–Kier alpha value is -2.11. The molecule has 0 amide bonds. The van der Waals surface area contributed by atoms with Gasteiger partial charge in [-0.25, -0.2) is 0 Å². The van der Waals surface area contributed by atoms with Crippen molar-refractivity contribution < 1.29 is 44.2 Å². The Morgan fingerprint density at radius 3 is 1.58 bits per heavy atom. The van der Waals surface area contributed by atoms with Crippen molar-refractivity contribution in [2.45, 2.75) is 224 Å². The van der Waals surface area contributed by atoms with Gasteiger partial charge in [0.2, 0.25) is 0 Å². The highest BCUT2D eigenvalue weighted by Crippen LogP contribution is 2.22. The molecule has 0 aromatic carbocycles. The second kappa shape index (κ2) is 41.3. The third kappa shape index (κ3) is 32.3. The van der Waals surface area contributed by atoms with Crippen LogP contribution in [0.1, 0.15) is 187 Å². The Bertz CT molecular complexity index is 1080. The highest BCUT2D eigenvalue weighted by atomic mass is 16.7. The topological polar surface area (TPSA) is 135 Å². The average molecular weight is 833 g/mol. The molecule has 6 unspecified atom stereocenters. The zero-order valence-electron chi connectivity index (χ0n) is 37.5. The minimum atomic E-state index is -1.54. The van der Waals surface area contributed by atoms with Crippen molar-refractivity contribution in [1.29, 1.82) is 0 Å². The first-order valence-corrected chi connectivity index (χ1v) is 23.9. The molecular weight excluding hydrogens is 745 g/mol. The molecule has 9 heteroatoms. The van der Waals surface area contributed by atoms with E-state index in [4.69, 9.17) is 18.9 Å². The largest absolute Gasteiger partial charge is 0.457 e. The summed E-state index contributed by atoms with van der Waals surface area (Å²) in [5, 5.41) is 40.2. The van der Waals surface area contributed by atoms with Gasteiger partial charge in [-0.15, -0.1) is 0 Å². The second-order valence-corrected chi connectivity index (χ2v) is 16.2. The van der Waals surface area contributed by atoms with E-state index in [1.54, 1.807) is 0 Å². The Morgan fingerprint density at radius 2 is 1.03 bits per heavy atom. The number of unbranched alkanes of at least 4 members (excludes halogenated alkanes) is 19. The lowest BCUT2D eigenvalue weighted by atomic mass is 9.99. The van der Waals surface area contributed by atoms with E-state index in [1.807, 2.05) is 0 Å². The molecule has 1 heterocycles. The molecule has 0 spiro atoms. The van der Waals surface area contributed by atoms with Crippen molar-refractivity contribution in [3.05, 3.63) is 60.8 Å². The summed E-state index contributed by atoms with van der Waals surface area (Å²) in [6, 6.07) is 0. The standard InChI is InChI=1S/C50H88O9/c1-3-5-7-9-11-13-15-17-19-21-22-23-25-27-29-31-33-35-37-39-46(52)58-44(43-57-50-49(55)48(54)47(53)45(41-51)59-50)42-56-40-38-36-34-32-30-28-26-24-20-18-16-14-12-10-8-6-4-2/h5,7,11,13,17,19-20,22-24,44-45,47-51,53-55H,3-4,6,8-10,12,14-16,18,21,25-43H2,1-2H3/b7-5-,13-11-,19-17-,23-22-,24-20-. The van der Waals surface area contributed by atoms with E-state index in [9.17, 15) is 25.2 Å². The zero-order chi connectivity index (χ0) is 42.9. The van der Waals surface area contributed by atoms with Gasteiger partial charge in [-0.1, -0.05) is 164 Å². The molecule has 1 rings (SSSR count). The van der Waals surface area contributed by atoms with Gasteiger partial charge in [-0.05, 0) is 77.0 Å². The van der Waals surface area contributed by atoms with E-state index >= 15 is 0 Å². The summed E-state index contributed by atoms with van der Waals surface area (Å²) in [6.07, 6.45) is 45.3. The number of rotatable bonds is 40. The molecule has 9 nitrogen and oxygen atoms in total. The van der Waals surface area contributed by atoms with Crippen molar-refractivity contribution >= 4 is 5.97 Å². The highest BCUT2D eigenvalue weighted by Gasteiger charge is 2.44. The van der Waals surface area contributed by atoms with E-state index in [0.29, 0.717) is 13.0 Å². The molecule has 0 bridgehead atoms. The van der Waals surface area contributed by atoms with Gasteiger partial charge in [-0.2, -0.15) is 0 Å². The predicted molar refractivity (Wildman–Crippen MR) is 242 cm³/mol. The van der Waals surface area contributed by atoms with Crippen LogP contribution in [0.4, 0.5) is 0 Å². The lowest BCUT2D eigenvalue weighted by Gasteiger charge is -2.39. The first-order valence-electron chi connectivity index (χ1n) is 23.9. The van der Waals surface area contributed by atoms with E-state index in [1.165, 1.54) is 89.9 Å². The summed E-state index contributed by atoms with van der Waals surface area (Å²) >= 11 is 0. The molecule has 0 aliphatic carbocycles. The van der Waals surface area contributed by atoms with Gasteiger partial charge >= 0.3 is 5.97 Å². The van der Waals surface area contributed by atoms with Crippen LogP contribution in [0.25, 0.3) is 0 Å². The van der Waals surface area contributed by atoms with Crippen LogP contribution in [-0.2, 0) is 23.7 Å². The molecular formula is C50H88O9. The quantitative estimate of drug-likeness (QED) is 0.0270. The maximum Gasteiger partial charge on any atom is 0.306 e. The third-order valence-corrected chi connectivity index (χ3v) is 10.7. The SMILES string of the molecule is CC/C=C\C/C=C\C/C=C\C/C=C\CCCCCCCCC(=O)OC(COCCCCCCCC/C=C\CCCCCCCCC)COC1OC(CO)C(O)C(O)C1O. The first kappa shape index (κ1) is 54.9. The fourth-order valence-corrected chi connectivity index (χ4v) is 6.95. The van der Waals surface area contributed by atoms with Crippen molar-refractivity contribution in [3.8, 4) is 0 Å². The Labute approximate surface area is 360 Å². The molecule has 342 valence electrons. The lowest BCUT2D eigenvalue weighted by molar-refractivity contribution is -0.305. The summed E-state index contributed by atoms with van der Waals surface area (Å²) < 4.78 is 22.8. The van der Waals surface area contributed by atoms with E-state index in [2.05, 4.69) is 74.6 Å². The molecule has 1 fully saturated rings. The van der Waals surface area contributed by atoms with E-state index < -0.39 is 43.4 Å². The van der Waals surface area contributed by atoms with Gasteiger partial charge in [0.05, 0.1) is 19.8 Å². The molecule has 4 N–H and O–H groups in total. The summed E-state index contributed by atoms with van der Waals surface area (Å²) in [5.41, 5.74) is 0. The smallest absolute Gasteiger partial charge is 0.306 e. The normalized spacial score (nSPS) is 20.7. The number of hydrogen-bond acceptors (Lipinski definition) is 9. The Kier molecular flexibility index (Phi) is 38.4. The van der Waals surface area contributed by atoms with Crippen LogP contribution >= 0.6 is 0 Å². The van der Waals surface area contributed by atoms with Crippen LogP contribution in [0, 0.1) is 0 Å². The molecule has 6 atom stereocenters. The van der Waals surface area contributed by atoms with Crippen LogP contribution in [0.2, 0.25) is 0 Å². The van der Waals surface area contributed by atoms with Crippen molar-refractivity contribution in [3.63, 3.8) is 0 Å². The van der Waals surface area contributed by atoms with Crippen LogP contribution < -0.4 is 0 Å². The number of carbonyl (C=O) groups excluding carboxylic acids is 1. The fraction of sp³-hybridized carbons (Fsp3) is 0.780. The number of allylic oxidation sites excluding steroid dienone is 10. The van der Waals surface area contributed by atoms with Crippen molar-refractivity contribution in [2.24, 2.45) is 0 Å². The number of carbonyl (C=O) groups is 1. The van der Waals surface area contributed by atoms with Gasteiger partial charge < -0.3 is 39.4 Å². The summed E-state index contributed by atoms with van der Waals surface area (Å²) in [4.78, 5) is 12.8. The minimum absolute atomic E-state index is 0.124. The Balaban J connectivity index is 2.26. The van der Waals surface area contributed by atoms with Crippen LogP contribution in [0.3, 0.4) is 0 Å². The molecule has 1 aliphatic rings. The predicted octanol–water partition coefficient (Wildman–Crippen LogP) is 11.1. The summed E-state index contributed by atoms with van der Waals surface area (Å²) in [6.45, 7) is 4.41. The molecule has 0 radical (unpaired) electrons. The van der Waals surface area contributed by atoms with Crippen molar-refractivity contribution in [1.82, 2.24) is 0 Å². The van der Waals surface area contributed by atoms with Gasteiger partial charge in [-0.3, -0.25) is 4.79 Å². The number of aliphatic hydroxyl groups excluding tert-OH is 4. The fourth-order valence-electron chi connectivity index (χ4n) is 6.95. The summed E-state index contributed by atoms with van der Waals surface area (Å²) in [7, 11) is 0. The first-order chi connectivity index (χ1) is 28.9. The van der Waals surface area contributed by atoms with Crippen LogP contribution in [0.5, 0.6) is 0 Å². The van der Waals surface area contributed by atoms with Crippen molar-refractivity contribution in [2.75, 3.05) is 26.4 Å². The van der Waals surface area contributed by atoms with Gasteiger partial charge in [0.25, 0.3) is 0 Å². The average Bonchev–Trinajstić information content (AvgIpc) is 3.24. The second-order valence-electron chi connectivity index (χ2n) is 16.2. The zero-order valence-corrected chi connectivity index (χ0v) is 37.5. The maximum absolute atomic E-state index is 12.8. The number of aliphatic hydroxyl groups is 4. The molecule has 1 aliphatic heterocycles. The number of esters is 1. The third-order valence-electron chi connectivity index (χ3n) is 10.7. The molecule has 0 aromatic heterocycles. The summed E-state index contributed by atoms with van der Waals surface area (Å²) in [5.74, 6) is -0.331.